The van der Waals surface area contributed by atoms with E-state index >= 15 is 0 Å². The van der Waals surface area contributed by atoms with Crippen LogP contribution in [-0.2, 0) is 4.79 Å². The number of carbonyl (C=O) groups is 2. The summed E-state index contributed by atoms with van der Waals surface area (Å²) in [4.78, 5) is 19.7. The zero-order chi connectivity index (χ0) is 11.7. The molecule has 0 saturated carbocycles. The number of urea groups is 1. The van der Waals surface area contributed by atoms with E-state index in [0.29, 0.717) is 5.75 Å². The lowest BCUT2D eigenvalue weighted by atomic mass is 10.3. The molecule has 0 atom stereocenters. The Labute approximate surface area is 86.3 Å². The number of aliphatic hydroxyl groups excluding tert-OH is 1. The van der Waals surface area contributed by atoms with Gasteiger partial charge in [-0.2, -0.15) is 0 Å². The van der Waals surface area contributed by atoms with Crippen LogP contribution in [0.5, 0.6) is 5.75 Å². The van der Waals surface area contributed by atoms with Crippen molar-refractivity contribution in [2.45, 2.75) is 0 Å². The van der Waals surface area contributed by atoms with Crippen molar-refractivity contribution < 1.29 is 19.8 Å². The zero-order valence-electron chi connectivity index (χ0n) is 7.88. The van der Waals surface area contributed by atoms with Crippen molar-refractivity contribution in [3.8, 4) is 5.75 Å². The number of nitrogens with two attached hydrogens (primary N) is 1. The van der Waals surface area contributed by atoms with E-state index in [9.17, 15) is 9.59 Å². The van der Waals surface area contributed by atoms with Crippen molar-refractivity contribution in [1.82, 2.24) is 5.32 Å². The van der Waals surface area contributed by atoms with Crippen LogP contribution in [0.25, 0.3) is 0 Å². The number of aromatic hydroxyl groups is 1. The highest BCUT2D eigenvalue weighted by atomic mass is 16.3. The summed E-state index contributed by atoms with van der Waals surface area (Å²) >= 11 is 0. The highest BCUT2D eigenvalue weighted by Crippen LogP contribution is 2.02. The molecule has 0 radical (unpaired) electrons. The minimum Gasteiger partial charge on any atom is -0.508 e. The molecule has 5 N–H and O–H groups in total. The van der Waals surface area contributed by atoms with Crippen molar-refractivity contribution in [2.75, 3.05) is 6.61 Å². The number of imide groups is 1. The first kappa shape index (κ1) is 12.9. The monoisotopic (exact) mass is 212 g/mol. The van der Waals surface area contributed by atoms with Crippen LogP contribution >= 0.6 is 0 Å². The molecule has 0 aliphatic carbocycles. The summed E-state index contributed by atoms with van der Waals surface area (Å²) in [6.07, 6.45) is 0. The van der Waals surface area contributed by atoms with Gasteiger partial charge in [0, 0.05) is 0 Å². The molecule has 0 aromatic heterocycles. The number of para-hydroxylation sites is 1. The lowest BCUT2D eigenvalue weighted by molar-refractivity contribution is -0.122. The number of benzene rings is 1. The van der Waals surface area contributed by atoms with Gasteiger partial charge < -0.3 is 15.9 Å². The average Bonchev–Trinajstić information content (AvgIpc) is 2.19. The molecule has 82 valence electrons. The molecule has 0 bridgehead atoms. The van der Waals surface area contributed by atoms with E-state index in [2.05, 4.69) is 5.73 Å². The number of aliphatic hydroxyl groups is 1. The van der Waals surface area contributed by atoms with Gasteiger partial charge in [-0.1, -0.05) is 18.2 Å². The second-order valence-corrected chi connectivity index (χ2v) is 2.41. The van der Waals surface area contributed by atoms with E-state index in [4.69, 9.17) is 10.2 Å². The number of phenols is 1. The number of hydrogen-bond acceptors (Lipinski definition) is 4. The summed E-state index contributed by atoms with van der Waals surface area (Å²) in [6, 6.07) is 7.76. The van der Waals surface area contributed by atoms with Crippen molar-refractivity contribution >= 4 is 11.9 Å². The van der Waals surface area contributed by atoms with Crippen LogP contribution in [0.3, 0.4) is 0 Å². The number of hydrogen-bond donors (Lipinski definition) is 4. The summed E-state index contributed by atoms with van der Waals surface area (Å²) in [5.74, 6) is -0.472. The number of phenolic OH excluding ortho intramolecular Hbond substituents is 1. The fourth-order valence-corrected chi connectivity index (χ4v) is 0.605. The maximum absolute atomic E-state index is 9.96. The molecular weight excluding hydrogens is 200 g/mol. The van der Waals surface area contributed by atoms with Crippen LogP contribution in [0.1, 0.15) is 0 Å². The molecule has 0 aliphatic heterocycles. The molecule has 6 nitrogen and oxygen atoms in total. The molecule has 0 unspecified atom stereocenters. The van der Waals surface area contributed by atoms with E-state index in [1.54, 1.807) is 29.6 Å². The summed E-state index contributed by atoms with van der Waals surface area (Å²) < 4.78 is 0. The molecule has 0 heterocycles. The quantitative estimate of drug-likeness (QED) is 0.505. The van der Waals surface area contributed by atoms with Gasteiger partial charge in [-0.25, -0.2) is 4.79 Å². The Bertz CT molecular complexity index is 313. The van der Waals surface area contributed by atoms with Gasteiger partial charge in [0.25, 0.3) is 5.91 Å². The third-order valence-electron chi connectivity index (χ3n) is 1.16. The summed E-state index contributed by atoms with van der Waals surface area (Å²) in [6.45, 7) is -0.719. The van der Waals surface area contributed by atoms with Gasteiger partial charge in [0.15, 0.2) is 0 Å². The molecule has 15 heavy (non-hydrogen) atoms. The normalized spacial score (nSPS) is 8.33. The fourth-order valence-electron chi connectivity index (χ4n) is 0.605. The Balaban J connectivity index is 0.000000262. The van der Waals surface area contributed by atoms with Crippen molar-refractivity contribution in [1.29, 1.82) is 0 Å². The highest BCUT2D eigenvalue weighted by Gasteiger charge is 1.98. The maximum Gasteiger partial charge on any atom is 0.318 e. The van der Waals surface area contributed by atoms with Gasteiger partial charge in [-0.15, -0.1) is 0 Å². The Hall–Kier alpha value is -2.08. The Morgan fingerprint density at radius 2 is 1.80 bits per heavy atom. The third-order valence-corrected chi connectivity index (χ3v) is 1.16. The van der Waals surface area contributed by atoms with Crippen LogP contribution < -0.4 is 11.1 Å². The highest BCUT2D eigenvalue weighted by molar-refractivity contribution is 5.93. The summed E-state index contributed by atoms with van der Waals surface area (Å²) in [7, 11) is 0. The van der Waals surface area contributed by atoms with E-state index in [1.807, 2.05) is 6.07 Å². The molecule has 1 aromatic carbocycles. The van der Waals surface area contributed by atoms with E-state index in [1.165, 1.54) is 0 Å². The van der Waals surface area contributed by atoms with Crippen molar-refractivity contribution in [3.05, 3.63) is 30.3 Å². The average molecular weight is 212 g/mol. The lowest BCUT2D eigenvalue weighted by Gasteiger charge is -1.92. The minimum absolute atomic E-state index is 0.322. The summed E-state index contributed by atoms with van der Waals surface area (Å²) in [5, 5.41) is 18.2. The van der Waals surface area contributed by atoms with E-state index < -0.39 is 18.5 Å². The second-order valence-electron chi connectivity index (χ2n) is 2.41. The summed E-state index contributed by atoms with van der Waals surface area (Å²) in [5.41, 5.74) is 4.49. The molecular formula is C9H12N2O4. The van der Waals surface area contributed by atoms with Gasteiger partial charge in [-0.3, -0.25) is 10.1 Å². The largest absolute Gasteiger partial charge is 0.508 e. The van der Waals surface area contributed by atoms with Crippen LogP contribution in [0.15, 0.2) is 30.3 Å². The molecule has 0 fully saturated rings. The Morgan fingerprint density at radius 3 is 2.00 bits per heavy atom. The van der Waals surface area contributed by atoms with Crippen LogP contribution in [0, 0.1) is 0 Å². The molecule has 6 heteroatoms. The Kier molecular flexibility index (Phi) is 6.32. The molecule has 0 spiro atoms. The number of carbonyl (C=O) groups excluding carboxylic acids is 2. The van der Waals surface area contributed by atoms with Gasteiger partial charge in [0.05, 0.1) is 0 Å². The first-order valence-corrected chi connectivity index (χ1v) is 4.00. The number of nitrogens with one attached hydrogen (secondary N) is 1. The molecule has 0 saturated heterocycles. The molecule has 0 aliphatic rings. The lowest BCUT2D eigenvalue weighted by Crippen LogP contribution is -2.36. The van der Waals surface area contributed by atoms with Gasteiger partial charge in [0.1, 0.15) is 12.4 Å². The third kappa shape index (κ3) is 8.26. The number of amides is 3. The smallest absolute Gasteiger partial charge is 0.318 e. The fraction of sp³-hybridized carbons (Fsp3) is 0.111. The van der Waals surface area contributed by atoms with E-state index in [0.717, 1.165) is 0 Å². The standard InChI is InChI=1S/C6H6O.C3H6N2O3/c7-6-4-2-1-3-5-6;4-3(8)5-2(7)1-6/h1-5,7H;6H,1H2,(H3,4,5,7,8). The first-order chi connectivity index (χ1) is 7.06. The van der Waals surface area contributed by atoms with Crippen LogP contribution in [0.4, 0.5) is 4.79 Å². The topological polar surface area (TPSA) is 113 Å². The predicted molar refractivity (Wildman–Crippen MR) is 52.9 cm³/mol. The zero-order valence-corrected chi connectivity index (χ0v) is 7.88. The second kappa shape index (κ2) is 7.34. The van der Waals surface area contributed by atoms with Gasteiger partial charge >= 0.3 is 6.03 Å². The molecule has 1 rings (SSSR count). The number of primary amides is 1. The predicted octanol–water partition coefficient (Wildman–Crippen LogP) is -0.434. The Morgan fingerprint density at radius 1 is 1.27 bits per heavy atom. The first-order valence-electron chi connectivity index (χ1n) is 4.00. The van der Waals surface area contributed by atoms with Crippen LogP contribution in [-0.4, -0.2) is 28.8 Å². The maximum atomic E-state index is 9.96. The molecule has 1 aromatic rings. The number of rotatable bonds is 1. The van der Waals surface area contributed by atoms with Gasteiger partial charge in [0.2, 0.25) is 0 Å². The molecule has 3 amide bonds. The van der Waals surface area contributed by atoms with Gasteiger partial charge in [-0.05, 0) is 12.1 Å². The van der Waals surface area contributed by atoms with Crippen molar-refractivity contribution in [3.63, 3.8) is 0 Å². The van der Waals surface area contributed by atoms with E-state index in [-0.39, 0.29) is 0 Å². The minimum atomic E-state index is -0.955. The van der Waals surface area contributed by atoms with Crippen molar-refractivity contribution in [2.24, 2.45) is 5.73 Å². The van der Waals surface area contributed by atoms with Crippen LogP contribution in [0.2, 0.25) is 0 Å². The SMILES string of the molecule is NC(=O)NC(=O)CO.Oc1ccccc1.